The molecule has 0 aromatic rings. The number of rotatable bonds is 2. The highest BCUT2D eigenvalue weighted by Crippen LogP contribution is 2.20. The minimum Gasteiger partial charge on any atom is -0.336 e. The van der Waals surface area contributed by atoms with Crippen LogP contribution in [0.5, 0.6) is 0 Å². The minimum atomic E-state index is -0.113. The Morgan fingerprint density at radius 1 is 1.69 bits per heavy atom. The topological polar surface area (TPSA) is 20.3 Å². The number of likely N-dealkylation sites (tertiary alicyclic amines) is 1. The summed E-state index contributed by atoms with van der Waals surface area (Å²) in [6, 6.07) is -0.00236. The Balaban J connectivity index is 2.63. The number of hydrogen-bond acceptors (Lipinski definition) is 1. The molecule has 1 aliphatic rings. The van der Waals surface area contributed by atoms with Crippen molar-refractivity contribution >= 4 is 5.91 Å². The van der Waals surface area contributed by atoms with E-state index in [9.17, 15) is 9.18 Å². The molecule has 0 aromatic heterocycles. The monoisotopic (exact) mass is 185 g/mol. The molecule has 0 N–H and O–H groups in total. The fourth-order valence-electron chi connectivity index (χ4n) is 1.68. The largest absolute Gasteiger partial charge is 0.336 e. The molecule has 1 rings (SSSR count). The molecule has 3 heteroatoms. The van der Waals surface area contributed by atoms with E-state index in [1.807, 2.05) is 0 Å². The molecule has 1 fully saturated rings. The Morgan fingerprint density at radius 3 is 2.92 bits per heavy atom. The van der Waals surface area contributed by atoms with Crippen molar-refractivity contribution in [1.29, 1.82) is 0 Å². The summed E-state index contributed by atoms with van der Waals surface area (Å²) in [7, 11) is 0. The van der Waals surface area contributed by atoms with Crippen molar-refractivity contribution in [2.24, 2.45) is 0 Å². The second kappa shape index (κ2) is 4.40. The first-order valence-corrected chi connectivity index (χ1v) is 4.78. The predicted molar refractivity (Wildman–Crippen MR) is 49.9 cm³/mol. The van der Waals surface area contributed by atoms with E-state index in [1.165, 1.54) is 6.92 Å². The molecule has 0 unspecified atom stereocenters. The van der Waals surface area contributed by atoms with Gasteiger partial charge in [0.2, 0.25) is 5.91 Å². The molecule has 74 valence electrons. The molecule has 0 radical (unpaired) electrons. The van der Waals surface area contributed by atoms with Crippen LogP contribution in [-0.2, 0) is 4.79 Å². The summed E-state index contributed by atoms with van der Waals surface area (Å²) in [5.74, 6) is -0.0687. The molecule has 1 heterocycles. The molecule has 0 bridgehead atoms. The van der Waals surface area contributed by atoms with Crippen molar-refractivity contribution in [2.45, 2.75) is 39.2 Å². The van der Waals surface area contributed by atoms with Crippen molar-refractivity contribution in [3.8, 4) is 0 Å². The molecule has 1 amide bonds. The molecular weight excluding hydrogens is 169 g/mol. The summed E-state index contributed by atoms with van der Waals surface area (Å²) in [6.07, 6.45) is 3.88. The van der Waals surface area contributed by atoms with Gasteiger partial charge in [-0.15, -0.1) is 0 Å². The summed E-state index contributed by atoms with van der Waals surface area (Å²) in [4.78, 5) is 12.8. The number of amides is 1. The summed E-state index contributed by atoms with van der Waals surface area (Å²) in [5, 5.41) is 0. The molecule has 0 saturated carbocycles. The summed E-state index contributed by atoms with van der Waals surface area (Å²) < 4.78 is 12.9. The maximum absolute atomic E-state index is 12.9. The van der Waals surface area contributed by atoms with Crippen LogP contribution in [0.2, 0.25) is 0 Å². The molecule has 13 heavy (non-hydrogen) atoms. The van der Waals surface area contributed by atoms with Crippen molar-refractivity contribution in [3.05, 3.63) is 11.9 Å². The number of carbonyl (C=O) groups excluding carboxylic acids is 1. The second-order valence-corrected chi connectivity index (χ2v) is 3.39. The van der Waals surface area contributed by atoms with E-state index in [2.05, 4.69) is 0 Å². The number of halogens is 1. The third-order valence-electron chi connectivity index (χ3n) is 2.41. The Bertz CT molecular complexity index is 225. The van der Waals surface area contributed by atoms with E-state index in [0.29, 0.717) is 6.42 Å². The summed E-state index contributed by atoms with van der Waals surface area (Å²) in [5.41, 5.74) is 0. The molecule has 1 atom stereocenters. The van der Waals surface area contributed by atoms with E-state index in [0.717, 1.165) is 19.4 Å². The van der Waals surface area contributed by atoms with Crippen LogP contribution < -0.4 is 0 Å². The Hall–Kier alpha value is -0.860. The molecule has 1 saturated heterocycles. The molecule has 0 aliphatic carbocycles. The van der Waals surface area contributed by atoms with Gasteiger partial charge in [-0.3, -0.25) is 4.79 Å². The molecular formula is C10H16FNO. The highest BCUT2D eigenvalue weighted by atomic mass is 19.1. The second-order valence-electron chi connectivity index (χ2n) is 3.39. The number of nitrogens with zero attached hydrogens (tertiary/aromatic N) is 1. The van der Waals surface area contributed by atoms with Gasteiger partial charge in [-0.25, -0.2) is 4.39 Å². The quantitative estimate of drug-likeness (QED) is 0.646. The van der Waals surface area contributed by atoms with Gasteiger partial charge in [-0.1, -0.05) is 6.92 Å². The number of allylic oxidation sites excluding steroid dienone is 1. The van der Waals surface area contributed by atoms with Crippen LogP contribution >= 0.6 is 0 Å². The van der Waals surface area contributed by atoms with E-state index >= 15 is 0 Å². The average Bonchev–Trinajstić information content (AvgIpc) is 2.52. The van der Waals surface area contributed by atoms with Crippen molar-refractivity contribution in [2.75, 3.05) is 6.54 Å². The molecule has 2 nitrogen and oxygen atoms in total. The Labute approximate surface area is 78.4 Å². The lowest BCUT2D eigenvalue weighted by molar-refractivity contribution is -0.128. The van der Waals surface area contributed by atoms with Crippen LogP contribution in [-0.4, -0.2) is 23.4 Å². The van der Waals surface area contributed by atoms with Crippen molar-refractivity contribution < 1.29 is 9.18 Å². The van der Waals surface area contributed by atoms with Crippen LogP contribution in [0.4, 0.5) is 4.39 Å². The third-order valence-corrected chi connectivity index (χ3v) is 2.41. The van der Waals surface area contributed by atoms with Gasteiger partial charge in [-0.05, 0) is 25.3 Å². The average molecular weight is 185 g/mol. The SMILES string of the molecule is CC/C(F)=C/[C@@H]1CCCN1C(C)=O. The van der Waals surface area contributed by atoms with Gasteiger partial charge < -0.3 is 4.90 Å². The first-order chi connectivity index (χ1) is 6.15. The predicted octanol–water partition coefficient (Wildman–Crippen LogP) is 2.26. The standard InChI is InChI=1S/C10H16FNO/c1-3-9(11)7-10-5-4-6-12(10)8(2)13/h7,10H,3-6H2,1-2H3/b9-7-/t10-/m0/s1. The van der Waals surface area contributed by atoms with Crippen LogP contribution in [0.3, 0.4) is 0 Å². The maximum atomic E-state index is 12.9. The van der Waals surface area contributed by atoms with Gasteiger partial charge >= 0.3 is 0 Å². The van der Waals surface area contributed by atoms with E-state index in [-0.39, 0.29) is 17.8 Å². The van der Waals surface area contributed by atoms with Crippen LogP contribution in [0.1, 0.15) is 33.1 Å². The van der Waals surface area contributed by atoms with Gasteiger partial charge in [0.05, 0.1) is 11.9 Å². The normalized spacial score (nSPS) is 23.8. The summed E-state index contributed by atoms with van der Waals surface area (Å²) in [6.45, 7) is 4.09. The zero-order valence-electron chi connectivity index (χ0n) is 8.22. The van der Waals surface area contributed by atoms with Crippen molar-refractivity contribution in [1.82, 2.24) is 4.90 Å². The van der Waals surface area contributed by atoms with E-state index < -0.39 is 0 Å². The van der Waals surface area contributed by atoms with Gasteiger partial charge in [-0.2, -0.15) is 0 Å². The maximum Gasteiger partial charge on any atom is 0.219 e. The lowest BCUT2D eigenvalue weighted by Gasteiger charge is -2.20. The highest BCUT2D eigenvalue weighted by Gasteiger charge is 2.24. The smallest absolute Gasteiger partial charge is 0.219 e. The number of carbonyl (C=O) groups is 1. The third kappa shape index (κ3) is 2.54. The van der Waals surface area contributed by atoms with E-state index in [4.69, 9.17) is 0 Å². The molecule has 1 aliphatic heterocycles. The molecule has 0 aromatic carbocycles. The van der Waals surface area contributed by atoms with E-state index in [1.54, 1.807) is 17.9 Å². The lowest BCUT2D eigenvalue weighted by Crippen LogP contribution is -2.32. The zero-order chi connectivity index (χ0) is 9.84. The van der Waals surface area contributed by atoms with Crippen LogP contribution in [0.25, 0.3) is 0 Å². The summed E-state index contributed by atoms with van der Waals surface area (Å²) >= 11 is 0. The first-order valence-electron chi connectivity index (χ1n) is 4.78. The van der Waals surface area contributed by atoms with Gasteiger partial charge in [0.1, 0.15) is 0 Å². The first kappa shape index (κ1) is 10.2. The fraction of sp³-hybridized carbons (Fsp3) is 0.700. The molecule has 0 spiro atoms. The van der Waals surface area contributed by atoms with Gasteiger partial charge in [0.25, 0.3) is 0 Å². The Morgan fingerprint density at radius 2 is 2.38 bits per heavy atom. The number of hydrogen-bond donors (Lipinski definition) is 0. The van der Waals surface area contributed by atoms with Gasteiger partial charge in [0, 0.05) is 13.5 Å². The minimum absolute atomic E-state index is 0.00236. The van der Waals surface area contributed by atoms with Crippen LogP contribution in [0, 0.1) is 0 Å². The van der Waals surface area contributed by atoms with Crippen LogP contribution in [0.15, 0.2) is 11.9 Å². The van der Waals surface area contributed by atoms with Crippen molar-refractivity contribution in [3.63, 3.8) is 0 Å². The van der Waals surface area contributed by atoms with Gasteiger partial charge in [0.15, 0.2) is 0 Å². The highest BCUT2D eigenvalue weighted by molar-refractivity contribution is 5.74. The zero-order valence-corrected chi connectivity index (χ0v) is 8.22. The fourth-order valence-corrected chi connectivity index (χ4v) is 1.68. The lowest BCUT2D eigenvalue weighted by atomic mass is 10.2. The Kier molecular flexibility index (Phi) is 3.46.